The average molecular weight is 897 g/mol. The summed E-state index contributed by atoms with van der Waals surface area (Å²) < 4.78 is 15.8. The number of halogens is 1. The summed E-state index contributed by atoms with van der Waals surface area (Å²) in [6, 6.07) is 37.5. The van der Waals surface area contributed by atoms with Crippen molar-refractivity contribution >= 4 is 45.0 Å². The molecule has 0 atom stereocenters. The number of aromatic nitrogens is 2. The maximum atomic E-state index is 12.8. The van der Waals surface area contributed by atoms with Crippen LogP contribution in [-0.4, -0.2) is 90.0 Å². The van der Waals surface area contributed by atoms with Crippen LogP contribution in [0.4, 0.5) is 11.4 Å². The molecular formula is C47H57IN6O4. The molecule has 2 saturated heterocycles. The van der Waals surface area contributed by atoms with Crippen LogP contribution in [0.3, 0.4) is 0 Å². The quantitative estimate of drug-likeness (QED) is 0.145. The van der Waals surface area contributed by atoms with Gasteiger partial charge < -0.3 is 57.7 Å². The molecule has 0 radical (unpaired) electrons. The monoisotopic (exact) mass is 896 g/mol. The third kappa shape index (κ3) is 10.4. The van der Waals surface area contributed by atoms with E-state index in [0.29, 0.717) is 23.5 Å². The van der Waals surface area contributed by atoms with Gasteiger partial charge in [-0.3, -0.25) is 14.5 Å². The molecule has 58 heavy (non-hydrogen) atoms. The molecular weight excluding hydrogens is 839 g/mol. The van der Waals surface area contributed by atoms with Crippen molar-refractivity contribution in [2.24, 2.45) is 14.1 Å². The molecule has 4 aromatic carbocycles. The summed E-state index contributed by atoms with van der Waals surface area (Å²) in [5.74, 6) is -0.180. The van der Waals surface area contributed by atoms with Crippen LogP contribution < -0.4 is 34.6 Å². The van der Waals surface area contributed by atoms with E-state index in [2.05, 4.69) is 60.9 Å². The minimum atomic E-state index is -0.0919. The first-order valence-electron chi connectivity index (χ1n) is 20.1. The molecule has 2 fully saturated rings. The van der Waals surface area contributed by atoms with Crippen LogP contribution in [0.5, 0.6) is 0 Å². The first-order chi connectivity index (χ1) is 27.6. The number of amides is 2. The van der Waals surface area contributed by atoms with Crippen molar-refractivity contribution in [3.63, 3.8) is 0 Å². The maximum Gasteiger partial charge on any atom is 0.272 e. The Morgan fingerprint density at radius 2 is 1.09 bits per heavy atom. The Bertz CT molecular complexity index is 2290. The lowest BCUT2D eigenvalue weighted by Gasteiger charge is -2.40. The summed E-state index contributed by atoms with van der Waals surface area (Å²) in [5.41, 5.74) is 7.59. The Balaban J connectivity index is 0.000000192. The van der Waals surface area contributed by atoms with Crippen LogP contribution in [0, 0.1) is 0 Å². The van der Waals surface area contributed by atoms with Crippen LogP contribution in [0.1, 0.15) is 57.8 Å². The van der Waals surface area contributed by atoms with Crippen molar-refractivity contribution in [3.05, 3.63) is 132 Å². The summed E-state index contributed by atoms with van der Waals surface area (Å²) in [6.45, 7) is 5.32. The highest BCUT2D eigenvalue weighted by Crippen LogP contribution is 2.25. The molecule has 11 heteroatoms. The number of ether oxygens (including phenoxy) is 2. The summed E-state index contributed by atoms with van der Waals surface area (Å²) in [6.07, 6.45) is 4.42. The number of fused-ring (bicyclic) bond motifs is 2. The van der Waals surface area contributed by atoms with Crippen molar-refractivity contribution in [3.8, 4) is 0 Å². The molecule has 306 valence electrons. The molecule has 2 amide bonds. The number of anilines is 2. The molecule has 2 aromatic heterocycles. The van der Waals surface area contributed by atoms with Crippen LogP contribution in [0.15, 0.2) is 109 Å². The molecule has 2 aliphatic heterocycles. The number of benzene rings is 4. The molecule has 10 nitrogen and oxygen atoms in total. The van der Waals surface area contributed by atoms with Gasteiger partial charge in [-0.2, -0.15) is 0 Å². The summed E-state index contributed by atoms with van der Waals surface area (Å²) in [7, 11) is 10.6. The van der Waals surface area contributed by atoms with Gasteiger partial charge in [-0.1, -0.05) is 60.7 Å². The van der Waals surface area contributed by atoms with Crippen molar-refractivity contribution in [1.29, 1.82) is 0 Å². The molecule has 4 heterocycles. The van der Waals surface area contributed by atoms with Crippen molar-refractivity contribution in [2.45, 2.75) is 50.9 Å². The second-order valence-electron chi connectivity index (χ2n) is 16.1. The Labute approximate surface area is 359 Å². The van der Waals surface area contributed by atoms with Gasteiger partial charge in [0.15, 0.2) is 0 Å². The Morgan fingerprint density at radius 3 is 1.55 bits per heavy atom. The van der Waals surface area contributed by atoms with Crippen molar-refractivity contribution in [1.82, 2.24) is 14.0 Å². The van der Waals surface area contributed by atoms with Crippen LogP contribution in [0.2, 0.25) is 0 Å². The number of carbonyl (C=O) groups excluding carboxylic acids is 2. The average Bonchev–Trinajstić information content (AvgIpc) is 3.76. The number of hydrogen-bond acceptors (Lipinski definition) is 5. The molecule has 0 saturated carbocycles. The standard InChI is InChI=1S/C24H29N3O2.C23H27N3O2.HI/c1-26-22-7-5-4-6-19(22)16-23(26)24(28)25-20-10-8-18(9-11-20)17-27(2,3)21-12-14-29-15-13-21;1-25(20-11-13-28-14-12-20)16-17-7-9-19(10-8-17)24-23(27)22-15-18-5-3-4-6-21(18)26(22)2;/h4-11,16,21H,12-15,17H2,1-3H3;3-10,15,20H,11-14,16H2,1-2H3,(H,24,27);1H. The lowest BCUT2D eigenvalue weighted by molar-refractivity contribution is -0.929. The second-order valence-corrected chi connectivity index (χ2v) is 16.1. The SMILES string of the molecule is CN(Cc1ccc(NC(=O)c2cc3ccccc3n2C)cc1)C1CCOCC1.Cn1c(C(=O)Nc2ccc(C[N+](C)(C)C3CCOCC3)cc2)cc2ccccc21.[I-]. The van der Waals surface area contributed by atoms with Gasteiger partial charge in [0.25, 0.3) is 11.8 Å². The number of nitrogens with zero attached hydrogens (tertiary/aromatic N) is 4. The fourth-order valence-electron chi connectivity index (χ4n) is 8.32. The second kappa shape index (κ2) is 19.5. The van der Waals surface area contributed by atoms with Gasteiger partial charge in [-0.15, -0.1) is 0 Å². The summed E-state index contributed by atoms with van der Waals surface area (Å²) in [4.78, 5) is 27.9. The van der Waals surface area contributed by atoms with Gasteiger partial charge in [0.1, 0.15) is 17.9 Å². The smallest absolute Gasteiger partial charge is 0.272 e. The van der Waals surface area contributed by atoms with E-state index < -0.39 is 0 Å². The number of quaternary nitrogens is 1. The number of nitrogens with one attached hydrogen (secondary N) is 2. The van der Waals surface area contributed by atoms with E-state index in [1.165, 1.54) is 11.1 Å². The van der Waals surface area contributed by atoms with Gasteiger partial charge in [-0.25, -0.2) is 0 Å². The topological polar surface area (TPSA) is 89.8 Å². The Hall–Kier alpha value is -4.53. The van der Waals surface area contributed by atoms with E-state index in [1.807, 2.05) is 108 Å². The van der Waals surface area contributed by atoms with Crippen molar-refractivity contribution < 1.29 is 47.5 Å². The number of para-hydroxylation sites is 2. The van der Waals surface area contributed by atoms with Crippen LogP contribution >= 0.6 is 0 Å². The first-order valence-corrected chi connectivity index (χ1v) is 20.1. The van der Waals surface area contributed by atoms with E-state index in [1.54, 1.807) is 0 Å². The van der Waals surface area contributed by atoms with Gasteiger partial charge in [0.05, 0.1) is 33.4 Å². The highest BCUT2D eigenvalue weighted by atomic mass is 127. The minimum Gasteiger partial charge on any atom is -1.00 e. The minimum absolute atomic E-state index is 0. The summed E-state index contributed by atoms with van der Waals surface area (Å²) in [5, 5.41) is 8.19. The van der Waals surface area contributed by atoms with E-state index in [-0.39, 0.29) is 35.8 Å². The lowest BCUT2D eigenvalue weighted by atomic mass is 10.0. The molecule has 8 rings (SSSR count). The lowest BCUT2D eigenvalue weighted by Crippen LogP contribution is -3.00. The molecule has 0 bridgehead atoms. The third-order valence-corrected chi connectivity index (χ3v) is 11.8. The number of rotatable bonds is 10. The van der Waals surface area contributed by atoms with Crippen molar-refractivity contribution in [2.75, 3.05) is 58.2 Å². The van der Waals surface area contributed by atoms with E-state index >= 15 is 0 Å². The molecule has 2 aliphatic rings. The predicted molar refractivity (Wildman–Crippen MR) is 230 cm³/mol. The van der Waals surface area contributed by atoms with E-state index in [9.17, 15) is 9.59 Å². The molecule has 0 aliphatic carbocycles. The zero-order valence-corrected chi connectivity index (χ0v) is 36.6. The predicted octanol–water partition coefficient (Wildman–Crippen LogP) is 5.23. The van der Waals surface area contributed by atoms with Gasteiger partial charge >= 0.3 is 0 Å². The van der Waals surface area contributed by atoms with Gasteiger partial charge in [0, 0.05) is 91.5 Å². The number of hydrogen-bond donors (Lipinski definition) is 2. The molecule has 0 spiro atoms. The van der Waals surface area contributed by atoms with Gasteiger partial charge in [-0.05, 0) is 74.0 Å². The zero-order chi connectivity index (χ0) is 39.9. The number of carbonyl (C=O) groups is 2. The largest absolute Gasteiger partial charge is 1.00 e. The highest BCUT2D eigenvalue weighted by Gasteiger charge is 2.30. The van der Waals surface area contributed by atoms with Gasteiger partial charge in [0.2, 0.25) is 0 Å². The van der Waals surface area contributed by atoms with Crippen LogP contribution in [0.25, 0.3) is 21.8 Å². The fraction of sp³-hybridized carbons (Fsp3) is 0.362. The van der Waals surface area contributed by atoms with Crippen LogP contribution in [-0.2, 0) is 36.7 Å². The normalized spacial score (nSPS) is 15.1. The van der Waals surface area contributed by atoms with E-state index in [0.717, 1.165) is 103 Å². The Kier molecular flexibility index (Phi) is 14.5. The molecule has 6 aromatic rings. The summed E-state index contributed by atoms with van der Waals surface area (Å²) >= 11 is 0. The van der Waals surface area contributed by atoms with E-state index in [4.69, 9.17) is 9.47 Å². The Morgan fingerprint density at radius 1 is 0.655 bits per heavy atom. The zero-order valence-electron chi connectivity index (χ0n) is 34.4. The number of aryl methyl sites for hydroxylation is 2. The first kappa shape index (κ1) is 43.1. The fourth-order valence-corrected chi connectivity index (χ4v) is 8.32. The maximum absolute atomic E-state index is 12.8. The molecule has 0 unspecified atom stereocenters. The molecule has 2 N–H and O–H groups in total. The third-order valence-electron chi connectivity index (χ3n) is 11.8. The highest BCUT2D eigenvalue weighted by molar-refractivity contribution is 6.07.